The summed E-state index contributed by atoms with van der Waals surface area (Å²) >= 11 is 3.32. The highest BCUT2D eigenvalue weighted by atomic mass is 79.9. The Hall–Kier alpha value is -2.28. The number of aromatic nitrogens is 1. The summed E-state index contributed by atoms with van der Waals surface area (Å²) in [6.07, 6.45) is 1.55. The first-order valence-corrected chi connectivity index (χ1v) is 6.82. The Morgan fingerprint density at radius 3 is 2.81 bits per heavy atom. The van der Waals surface area contributed by atoms with Gasteiger partial charge < -0.3 is 19.7 Å². The van der Waals surface area contributed by atoms with Crippen LogP contribution >= 0.6 is 15.9 Å². The predicted molar refractivity (Wildman–Crippen MR) is 80.7 cm³/mol. The molecule has 0 atom stereocenters. The molecule has 0 fully saturated rings. The lowest BCUT2D eigenvalue weighted by atomic mass is 10.3. The fourth-order valence-corrected chi connectivity index (χ4v) is 2.33. The molecule has 110 valence electrons. The molecule has 1 amide bonds. The number of aromatic carboxylic acids is 1. The first kappa shape index (κ1) is 15.1. The number of nitrogens with zero attached hydrogens (tertiary/aromatic N) is 1. The molecule has 21 heavy (non-hydrogen) atoms. The van der Waals surface area contributed by atoms with Crippen molar-refractivity contribution in [3.05, 3.63) is 46.7 Å². The van der Waals surface area contributed by atoms with Crippen molar-refractivity contribution >= 4 is 33.5 Å². The van der Waals surface area contributed by atoms with Crippen molar-refractivity contribution in [2.24, 2.45) is 0 Å². The van der Waals surface area contributed by atoms with E-state index in [-0.39, 0.29) is 18.1 Å². The Balaban J connectivity index is 2.10. The average molecular weight is 353 g/mol. The van der Waals surface area contributed by atoms with Gasteiger partial charge in [-0.1, -0.05) is 15.9 Å². The molecule has 2 aromatic rings. The molecule has 0 spiro atoms. The van der Waals surface area contributed by atoms with Gasteiger partial charge in [-0.2, -0.15) is 0 Å². The Labute approximate surface area is 129 Å². The van der Waals surface area contributed by atoms with Crippen LogP contribution in [0.1, 0.15) is 10.5 Å². The maximum atomic E-state index is 12.0. The number of carbonyl (C=O) groups is 2. The summed E-state index contributed by atoms with van der Waals surface area (Å²) in [5.74, 6) is -0.794. The molecule has 0 radical (unpaired) electrons. The van der Waals surface area contributed by atoms with Crippen LogP contribution in [0.25, 0.3) is 0 Å². The largest absolute Gasteiger partial charge is 0.497 e. The zero-order valence-corrected chi connectivity index (χ0v) is 12.8. The third kappa shape index (κ3) is 3.85. The second-order valence-electron chi connectivity index (χ2n) is 4.25. The number of carboxylic acids is 1. The lowest BCUT2D eigenvalue weighted by Crippen LogP contribution is -2.20. The molecule has 0 saturated carbocycles. The maximum absolute atomic E-state index is 12.0. The molecule has 1 aromatic carbocycles. The number of methoxy groups -OCH3 is 1. The Morgan fingerprint density at radius 2 is 2.14 bits per heavy atom. The van der Waals surface area contributed by atoms with E-state index in [1.807, 2.05) is 0 Å². The zero-order valence-electron chi connectivity index (χ0n) is 11.2. The molecule has 6 nitrogen and oxygen atoms in total. The van der Waals surface area contributed by atoms with Gasteiger partial charge in [-0.15, -0.1) is 0 Å². The fraction of sp³-hybridized carbons (Fsp3) is 0.143. The number of ether oxygens (including phenoxy) is 1. The number of nitrogens with one attached hydrogen (secondary N) is 1. The number of anilines is 1. The van der Waals surface area contributed by atoms with Crippen molar-refractivity contribution in [3.63, 3.8) is 0 Å². The minimum atomic E-state index is -1.07. The Morgan fingerprint density at radius 1 is 1.38 bits per heavy atom. The molecule has 2 N–H and O–H groups in total. The van der Waals surface area contributed by atoms with Gasteiger partial charge in [0, 0.05) is 22.4 Å². The molecule has 0 aliphatic carbocycles. The van der Waals surface area contributed by atoms with Crippen LogP contribution in [0.3, 0.4) is 0 Å². The number of carboxylic acid groups (broad SMARTS) is 1. The van der Waals surface area contributed by atoms with Gasteiger partial charge in [0.05, 0.1) is 7.11 Å². The minimum Gasteiger partial charge on any atom is -0.497 e. The molecule has 1 aromatic heterocycles. The van der Waals surface area contributed by atoms with Crippen molar-refractivity contribution in [3.8, 4) is 5.75 Å². The first-order valence-electron chi connectivity index (χ1n) is 6.02. The zero-order chi connectivity index (χ0) is 15.4. The van der Waals surface area contributed by atoms with Gasteiger partial charge in [-0.25, -0.2) is 4.79 Å². The highest BCUT2D eigenvalue weighted by Gasteiger charge is 2.12. The molecular formula is C14H13BrN2O4. The molecular weight excluding hydrogens is 340 g/mol. The van der Waals surface area contributed by atoms with Crippen LogP contribution in [0.4, 0.5) is 5.69 Å². The van der Waals surface area contributed by atoms with E-state index in [4.69, 9.17) is 9.84 Å². The molecule has 0 aliphatic heterocycles. The highest BCUT2D eigenvalue weighted by Crippen LogP contribution is 2.24. The van der Waals surface area contributed by atoms with Crippen LogP contribution in [-0.2, 0) is 11.3 Å². The van der Waals surface area contributed by atoms with E-state index in [9.17, 15) is 9.59 Å². The fourth-order valence-electron chi connectivity index (χ4n) is 1.85. The molecule has 0 unspecified atom stereocenters. The van der Waals surface area contributed by atoms with E-state index in [2.05, 4.69) is 21.2 Å². The van der Waals surface area contributed by atoms with Gasteiger partial charge in [-0.3, -0.25) is 4.79 Å². The molecule has 0 bridgehead atoms. The summed E-state index contributed by atoms with van der Waals surface area (Å²) in [7, 11) is 1.53. The third-order valence-corrected chi connectivity index (χ3v) is 3.21. The van der Waals surface area contributed by atoms with Gasteiger partial charge in [-0.05, 0) is 24.3 Å². The van der Waals surface area contributed by atoms with Crippen molar-refractivity contribution in [1.29, 1.82) is 0 Å². The predicted octanol–water partition coefficient (Wildman–Crippen LogP) is 2.60. The molecule has 0 aliphatic rings. The van der Waals surface area contributed by atoms with Gasteiger partial charge in [0.1, 0.15) is 18.0 Å². The van der Waals surface area contributed by atoms with Crippen molar-refractivity contribution in [1.82, 2.24) is 4.57 Å². The Kier molecular flexibility index (Phi) is 4.64. The summed E-state index contributed by atoms with van der Waals surface area (Å²) in [5.41, 5.74) is 0.632. The number of amides is 1. The van der Waals surface area contributed by atoms with Crippen molar-refractivity contribution in [2.75, 3.05) is 12.4 Å². The number of carbonyl (C=O) groups excluding carboxylic acids is 1. The first-order chi connectivity index (χ1) is 9.99. The summed E-state index contributed by atoms with van der Waals surface area (Å²) in [6.45, 7) is -0.0799. The van der Waals surface area contributed by atoms with Gasteiger partial charge >= 0.3 is 5.97 Å². The van der Waals surface area contributed by atoms with E-state index >= 15 is 0 Å². The number of halogens is 1. The molecule has 2 rings (SSSR count). The van der Waals surface area contributed by atoms with Gasteiger partial charge in [0.2, 0.25) is 5.91 Å². The third-order valence-electron chi connectivity index (χ3n) is 2.75. The normalized spacial score (nSPS) is 10.2. The van der Waals surface area contributed by atoms with Crippen LogP contribution in [0.15, 0.2) is 41.0 Å². The van der Waals surface area contributed by atoms with Crippen LogP contribution in [0, 0.1) is 0 Å². The molecule has 7 heteroatoms. The smallest absolute Gasteiger partial charge is 0.352 e. The highest BCUT2D eigenvalue weighted by molar-refractivity contribution is 9.10. The number of benzene rings is 1. The van der Waals surface area contributed by atoms with E-state index < -0.39 is 5.97 Å². The topological polar surface area (TPSA) is 80.6 Å². The van der Waals surface area contributed by atoms with E-state index in [0.717, 1.165) is 4.47 Å². The average Bonchev–Trinajstić information content (AvgIpc) is 2.85. The maximum Gasteiger partial charge on any atom is 0.352 e. The van der Waals surface area contributed by atoms with E-state index in [0.29, 0.717) is 11.4 Å². The second kappa shape index (κ2) is 6.45. The monoisotopic (exact) mass is 352 g/mol. The summed E-state index contributed by atoms with van der Waals surface area (Å²) in [5, 5.41) is 11.7. The van der Waals surface area contributed by atoms with Crippen LogP contribution in [-0.4, -0.2) is 28.7 Å². The lowest BCUT2D eigenvalue weighted by molar-refractivity contribution is -0.116. The van der Waals surface area contributed by atoms with E-state index in [1.54, 1.807) is 30.5 Å². The van der Waals surface area contributed by atoms with Gasteiger partial charge in [0.25, 0.3) is 0 Å². The molecule has 1 heterocycles. The summed E-state index contributed by atoms with van der Waals surface area (Å²) in [6, 6.07) is 8.20. The number of hydrogen-bond acceptors (Lipinski definition) is 3. The van der Waals surface area contributed by atoms with Crippen molar-refractivity contribution in [2.45, 2.75) is 6.54 Å². The van der Waals surface area contributed by atoms with E-state index in [1.165, 1.54) is 17.7 Å². The number of rotatable bonds is 5. The minimum absolute atomic E-state index is 0.0666. The quantitative estimate of drug-likeness (QED) is 0.866. The summed E-state index contributed by atoms with van der Waals surface area (Å²) < 4.78 is 7.25. The van der Waals surface area contributed by atoms with Gasteiger partial charge in [0.15, 0.2) is 0 Å². The van der Waals surface area contributed by atoms with Crippen molar-refractivity contribution < 1.29 is 19.4 Å². The number of hydrogen-bond donors (Lipinski definition) is 2. The van der Waals surface area contributed by atoms with Crippen LogP contribution in [0.5, 0.6) is 5.75 Å². The summed E-state index contributed by atoms with van der Waals surface area (Å²) in [4.78, 5) is 23.0. The molecule has 0 saturated heterocycles. The lowest BCUT2D eigenvalue weighted by Gasteiger charge is -2.09. The Bertz CT molecular complexity index is 681. The van der Waals surface area contributed by atoms with Crippen LogP contribution < -0.4 is 10.1 Å². The second-order valence-corrected chi connectivity index (χ2v) is 5.17. The standard InChI is InChI=1S/C14H13BrN2O4/c1-21-11-6-9(15)5-10(7-11)16-13(18)8-17-4-2-3-12(17)14(19)20/h2-7H,8H2,1H3,(H,16,18)(H,19,20). The van der Waals surface area contributed by atoms with Crippen LogP contribution in [0.2, 0.25) is 0 Å². The SMILES string of the molecule is COc1cc(Br)cc(NC(=O)Cn2cccc2C(=O)O)c1.